The van der Waals surface area contributed by atoms with Gasteiger partial charge in [-0.05, 0) is 37.8 Å². The minimum atomic E-state index is 0.131. The van der Waals surface area contributed by atoms with E-state index in [0.29, 0.717) is 6.10 Å². The van der Waals surface area contributed by atoms with Crippen LogP contribution in [0.25, 0.3) is 0 Å². The Morgan fingerprint density at radius 1 is 1.28 bits per heavy atom. The molecule has 1 aliphatic rings. The molecule has 18 heavy (non-hydrogen) atoms. The summed E-state index contributed by atoms with van der Waals surface area (Å²) in [7, 11) is 0. The third-order valence-corrected chi connectivity index (χ3v) is 3.51. The molecule has 3 N–H and O–H groups in total. The van der Waals surface area contributed by atoms with Gasteiger partial charge in [0.1, 0.15) is 0 Å². The van der Waals surface area contributed by atoms with Gasteiger partial charge in [0.25, 0.3) is 0 Å². The van der Waals surface area contributed by atoms with Crippen molar-refractivity contribution in [2.75, 3.05) is 19.7 Å². The average molecular weight is 248 g/mol. The second-order valence-corrected chi connectivity index (χ2v) is 5.00. The molecule has 0 bridgehead atoms. The molecule has 2 atom stereocenters. The minimum Gasteiger partial charge on any atom is -0.377 e. The lowest BCUT2D eigenvalue weighted by Gasteiger charge is -2.23. The lowest BCUT2D eigenvalue weighted by atomic mass is 10.0. The molecular weight excluding hydrogens is 224 g/mol. The van der Waals surface area contributed by atoms with Crippen molar-refractivity contribution in [1.82, 2.24) is 5.32 Å². The molecule has 3 heteroatoms. The molecule has 1 aliphatic heterocycles. The summed E-state index contributed by atoms with van der Waals surface area (Å²) in [6.45, 7) is 2.84. The Kier molecular flexibility index (Phi) is 5.65. The Hall–Kier alpha value is -0.900. The van der Waals surface area contributed by atoms with Crippen LogP contribution in [0.15, 0.2) is 30.3 Å². The highest BCUT2D eigenvalue weighted by atomic mass is 16.5. The summed E-state index contributed by atoms with van der Waals surface area (Å²) in [4.78, 5) is 0. The fourth-order valence-electron chi connectivity index (χ4n) is 2.36. The SMILES string of the molecule is NC(CCNCC1CCCCO1)c1ccccc1. The summed E-state index contributed by atoms with van der Waals surface area (Å²) in [5, 5.41) is 3.45. The highest BCUT2D eigenvalue weighted by Gasteiger charge is 2.13. The normalized spacial score (nSPS) is 21.7. The number of hydrogen-bond acceptors (Lipinski definition) is 3. The minimum absolute atomic E-state index is 0.131. The van der Waals surface area contributed by atoms with Gasteiger partial charge in [-0.15, -0.1) is 0 Å². The first kappa shape index (κ1) is 13.5. The zero-order chi connectivity index (χ0) is 12.6. The molecule has 1 aromatic carbocycles. The number of hydrogen-bond donors (Lipinski definition) is 2. The van der Waals surface area contributed by atoms with Gasteiger partial charge in [-0.2, -0.15) is 0 Å². The van der Waals surface area contributed by atoms with Gasteiger partial charge >= 0.3 is 0 Å². The van der Waals surface area contributed by atoms with Crippen LogP contribution in [0.2, 0.25) is 0 Å². The first-order valence-corrected chi connectivity index (χ1v) is 6.99. The average Bonchev–Trinajstić information content (AvgIpc) is 2.45. The third kappa shape index (κ3) is 4.41. The summed E-state index contributed by atoms with van der Waals surface area (Å²) in [5.41, 5.74) is 7.36. The summed E-state index contributed by atoms with van der Waals surface area (Å²) in [6, 6.07) is 10.4. The van der Waals surface area contributed by atoms with Crippen molar-refractivity contribution in [3.63, 3.8) is 0 Å². The second-order valence-electron chi connectivity index (χ2n) is 5.00. The van der Waals surface area contributed by atoms with Crippen LogP contribution in [0.4, 0.5) is 0 Å². The quantitative estimate of drug-likeness (QED) is 0.759. The van der Waals surface area contributed by atoms with Crippen molar-refractivity contribution in [2.45, 2.75) is 37.8 Å². The largest absolute Gasteiger partial charge is 0.377 e. The summed E-state index contributed by atoms with van der Waals surface area (Å²) in [6.07, 6.45) is 5.09. The Balaban J connectivity index is 1.60. The monoisotopic (exact) mass is 248 g/mol. The maximum absolute atomic E-state index is 6.14. The van der Waals surface area contributed by atoms with Crippen molar-refractivity contribution in [2.24, 2.45) is 5.73 Å². The molecule has 0 amide bonds. The van der Waals surface area contributed by atoms with Gasteiger partial charge in [-0.3, -0.25) is 0 Å². The van der Waals surface area contributed by atoms with Crippen LogP contribution in [0, 0.1) is 0 Å². The zero-order valence-corrected chi connectivity index (χ0v) is 11.0. The van der Waals surface area contributed by atoms with Crippen LogP contribution in [0.5, 0.6) is 0 Å². The predicted molar refractivity (Wildman–Crippen MR) is 74.4 cm³/mol. The van der Waals surface area contributed by atoms with E-state index in [0.717, 1.165) is 26.1 Å². The van der Waals surface area contributed by atoms with E-state index in [9.17, 15) is 0 Å². The van der Waals surface area contributed by atoms with Gasteiger partial charge in [0, 0.05) is 19.2 Å². The van der Waals surface area contributed by atoms with Gasteiger partial charge in [0.2, 0.25) is 0 Å². The number of rotatable bonds is 6. The van der Waals surface area contributed by atoms with Gasteiger partial charge in [-0.1, -0.05) is 30.3 Å². The van der Waals surface area contributed by atoms with Crippen LogP contribution in [0.3, 0.4) is 0 Å². The highest BCUT2D eigenvalue weighted by Crippen LogP contribution is 2.13. The van der Waals surface area contributed by atoms with Crippen molar-refractivity contribution in [3.05, 3.63) is 35.9 Å². The van der Waals surface area contributed by atoms with Crippen LogP contribution >= 0.6 is 0 Å². The van der Waals surface area contributed by atoms with Gasteiger partial charge in [0.05, 0.1) is 6.10 Å². The Labute approximate surface area is 110 Å². The van der Waals surface area contributed by atoms with Crippen molar-refractivity contribution in [1.29, 1.82) is 0 Å². The van der Waals surface area contributed by atoms with Crippen LogP contribution in [-0.2, 0) is 4.74 Å². The standard InChI is InChI=1S/C15H24N2O/c16-15(13-6-2-1-3-7-13)9-10-17-12-14-8-4-5-11-18-14/h1-3,6-7,14-15,17H,4-5,8-12,16H2. The fraction of sp³-hybridized carbons (Fsp3) is 0.600. The lowest BCUT2D eigenvalue weighted by Crippen LogP contribution is -2.33. The highest BCUT2D eigenvalue weighted by molar-refractivity contribution is 5.18. The molecule has 0 radical (unpaired) electrons. The van der Waals surface area contributed by atoms with Crippen molar-refractivity contribution >= 4 is 0 Å². The number of nitrogens with one attached hydrogen (secondary N) is 1. The maximum atomic E-state index is 6.14. The van der Waals surface area contributed by atoms with E-state index in [4.69, 9.17) is 10.5 Å². The summed E-state index contributed by atoms with van der Waals surface area (Å²) >= 11 is 0. The molecule has 1 heterocycles. The van der Waals surface area contributed by atoms with E-state index in [1.165, 1.54) is 24.8 Å². The number of nitrogens with two attached hydrogens (primary N) is 1. The fourth-order valence-corrected chi connectivity index (χ4v) is 2.36. The van der Waals surface area contributed by atoms with E-state index in [-0.39, 0.29) is 6.04 Å². The molecule has 0 spiro atoms. The Bertz CT molecular complexity index is 323. The Morgan fingerprint density at radius 3 is 2.83 bits per heavy atom. The summed E-state index contributed by atoms with van der Waals surface area (Å²) < 4.78 is 5.68. The van der Waals surface area contributed by atoms with Crippen LogP contribution < -0.4 is 11.1 Å². The molecule has 0 aromatic heterocycles. The molecule has 3 nitrogen and oxygen atoms in total. The number of ether oxygens (including phenoxy) is 1. The molecule has 0 saturated carbocycles. The molecule has 2 unspecified atom stereocenters. The maximum Gasteiger partial charge on any atom is 0.0699 e. The predicted octanol–water partition coefficient (Wildman–Crippen LogP) is 2.24. The molecule has 1 fully saturated rings. The van der Waals surface area contributed by atoms with E-state index in [2.05, 4.69) is 17.4 Å². The molecule has 1 aromatic rings. The molecule has 100 valence electrons. The van der Waals surface area contributed by atoms with E-state index < -0.39 is 0 Å². The molecule has 2 rings (SSSR count). The topological polar surface area (TPSA) is 47.3 Å². The number of benzene rings is 1. The van der Waals surface area contributed by atoms with Gasteiger partial charge in [-0.25, -0.2) is 0 Å². The van der Waals surface area contributed by atoms with E-state index in [1.54, 1.807) is 0 Å². The lowest BCUT2D eigenvalue weighted by molar-refractivity contribution is 0.0170. The van der Waals surface area contributed by atoms with Crippen LogP contribution in [-0.4, -0.2) is 25.8 Å². The van der Waals surface area contributed by atoms with Crippen molar-refractivity contribution < 1.29 is 4.74 Å². The first-order valence-electron chi connectivity index (χ1n) is 6.99. The zero-order valence-electron chi connectivity index (χ0n) is 11.0. The molecule has 1 saturated heterocycles. The van der Waals surface area contributed by atoms with E-state index >= 15 is 0 Å². The Morgan fingerprint density at radius 2 is 2.11 bits per heavy atom. The van der Waals surface area contributed by atoms with Crippen LogP contribution in [0.1, 0.15) is 37.3 Å². The molecule has 0 aliphatic carbocycles. The molecular formula is C15H24N2O. The van der Waals surface area contributed by atoms with E-state index in [1.807, 2.05) is 18.2 Å². The third-order valence-electron chi connectivity index (χ3n) is 3.51. The summed E-state index contributed by atoms with van der Waals surface area (Å²) in [5.74, 6) is 0. The van der Waals surface area contributed by atoms with Gasteiger partial charge < -0.3 is 15.8 Å². The smallest absolute Gasteiger partial charge is 0.0699 e. The first-order chi connectivity index (χ1) is 8.86. The van der Waals surface area contributed by atoms with Crippen molar-refractivity contribution in [3.8, 4) is 0 Å². The second kappa shape index (κ2) is 7.52. The van der Waals surface area contributed by atoms with Gasteiger partial charge in [0.15, 0.2) is 0 Å².